The maximum Gasteiger partial charge on any atom is 0.0654 e. The Morgan fingerprint density at radius 2 is 2.40 bits per heavy atom. The average Bonchev–Trinajstić information content (AvgIpc) is 2.65. The number of halogens is 1. The molecule has 0 aromatic carbocycles. The van der Waals surface area contributed by atoms with Gasteiger partial charge in [0.15, 0.2) is 0 Å². The second-order valence-electron chi connectivity index (χ2n) is 3.40. The molecule has 1 rings (SSSR count). The first-order valence-corrected chi connectivity index (χ1v) is 7.71. The quantitative estimate of drug-likeness (QED) is 0.623. The van der Waals surface area contributed by atoms with Crippen LogP contribution in [-0.2, 0) is 0 Å². The van der Waals surface area contributed by atoms with E-state index in [1.165, 1.54) is 11.3 Å². The van der Waals surface area contributed by atoms with Crippen molar-refractivity contribution in [2.45, 2.75) is 31.6 Å². The highest BCUT2D eigenvalue weighted by molar-refractivity contribution is 9.10. The van der Waals surface area contributed by atoms with Crippen LogP contribution in [-0.4, -0.2) is 11.0 Å². The summed E-state index contributed by atoms with van der Waals surface area (Å²) in [6.07, 6.45) is 1.20. The molecule has 0 radical (unpaired) electrons. The summed E-state index contributed by atoms with van der Waals surface area (Å²) in [7, 11) is 0. The smallest absolute Gasteiger partial charge is 0.0654 e. The summed E-state index contributed by atoms with van der Waals surface area (Å²) in [6.45, 7) is 4.46. The number of hydrogen-bond donors (Lipinski definition) is 2. The average molecular weight is 309 g/mol. The van der Waals surface area contributed by atoms with Crippen LogP contribution in [0.25, 0.3) is 0 Å². The lowest BCUT2D eigenvalue weighted by molar-refractivity contribution is 0.617. The largest absolute Gasteiger partial charge is 0.271 e. The molecule has 1 heterocycles. The van der Waals surface area contributed by atoms with E-state index in [0.717, 1.165) is 10.2 Å². The Morgan fingerprint density at radius 3 is 2.87 bits per heavy atom. The Bertz CT molecular complexity index is 291. The van der Waals surface area contributed by atoms with Crippen LogP contribution in [0.3, 0.4) is 0 Å². The lowest BCUT2D eigenvalue weighted by Crippen LogP contribution is -2.29. The standard InChI is InChI=1S/C10H17BrN2S2/c1-3-7(2)15-6-9(13-12)10-8(11)4-5-14-10/h4-5,7,9,13H,3,6,12H2,1-2H3. The first-order chi connectivity index (χ1) is 7.19. The molecule has 3 N–H and O–H groups in total. The highest BCUT2D eigenvalue weighted by atomic mass is 79.9. The van der Waals surface area contributed by atoms with Gasteiger partial charge in [-0.1, -0.05) is 13.8 Å². The zero-order valence-corrected chi connectivity index (χ0v) is 12.2. The predicted molar refractivity (Wildman–Crippen MR) is 74.3 cm³/mol. The van der Waals surface area contributed by atoms with Crippen molar-refractivity contribution in [1.29, 1.82) is 0 Å². The Kier molecular flexibility index (Phi) is 6.23. The van der Waals surface area contributed by atoms with Gasteiger partial charge in [-0.15, -0.1) is 11.3 Å². The van der Waals surface area contributed by atoms with Crippen LogP contribution in [0, 0.1) is 0 Å². The topological polar surface area (TPSA) is 38.0 Å². The third-order valence-corrected chi connectivity index (χ3v) is 5.70. The van der Waals surface area contributed by atoms with Gasteiger partial charge in [0.05, 0.1) is 6.04 Å². The van der Waals surface area contributed by atoms with Gasteiger partial charge in [-0.05, 0) is 33.8 Å². The molecule has 1 aromatic heterocycles. The number of nitrogens with two attached hydrogens (primary N) is 1. The normalized spacial score (nSPS) is 15.2. The van der Waals surface area contributed by atoms with Crippen molar-refractivity contribution in [2.75, 3.05) is 5.75 Å². The zero-order valence-electron chi connectivity index (χ0n) is 9.00. The summed E-state index contributed by atoms with van der Waals surface area (Å²) in [5.74, 6) is 6.60. The molecular formula is C10H17BrN2S2. The number of nitrogens with one attached hydrogen (secondary N) is 1. The van der Waals surface area contributed by atoms with Crippen molar-refractivity contribution in [2.24, 2.45) is 5.84 Å². The van der Waals surface area contributed by atoms with Crippen molar-refractivity contribution in [1.82, 2.24) is 5.43 Å². The predicted octanol–water partition coefficient (Wildman–Crippen LogP) is 3.55. The first-order valence-electron chi connectivity index (χ1n) is 4.99. The van der Waals surface area contributed by atoms with E-state index in [4.69, 9.17) is 5.84 Å². The molecule has 15 heavy (non-hydrogen) atoms. The fourth-order valence-corrected chi connectivity index (χ4v) is 3.97. The third kappa shape index (κ3) is 4.07. The summed E-state index contributed by atoms with van der Waals surface area (Å²) in [4.78, 5) is 1.29. The highest BCUT2D eigenvalue weighted by Gasteiger charge is 2.15. The van der Waals surface area contributed by atoms with Gasteiger partial charge in [-0.25, -0.2) is 0 Å². The lowest BCUT2D eigenvalue weighted by Gasteiger charge is -2.17. The van der Waals surface area contributed by atoms with Crippen LogP contribution in [0.1, 0.15) is 31.2 Å². The van der Waals surface area contributed by atoms with Crippen molar-refractivity contribution in [3.63, 3.8) is 0 Å². The molecule has 86 valence electrons. The van der Waals surface area contributed by atoms with E-state index in [-0.39, 0.29) is 6.04 Å². The van der Waals surface area contributed by atoms with E-state index >= 15 is 0 Å². The van der Waals surface area contributed by atoms with Crippen LogP contribution in [0.5, 0.6) is 0 Å². The molecule has 0 saturated heterocycles. The van der Waals surface area contributed by atoms with Crippen LogP contribution in [0.2, 0.25) is 0 Å². The molecule has 0 aliphatic heterocycles. The number of hydrogen-bond acceptors (Lipinski definition) is 4. The number of thiophene rings is 1. The van der Waals surface area contributed by atoms with E-state index in [9.17, 15) is 0 Å². The molecule has 5 heteroatoms. The van der Waals surface area contributed by atoms with E-state index in [2.05, 4.69) is 46.6 Å². The Labute approximate surface area is 108 Å². The second-order valence-corrected chi connectivity index (χ2v) is 6.68. The van der Waals surface area contributed by atoms with Gasteiger partial charge >= 0.3 is 0 Å². The molecule has 0 spiro atoms. The fraction of sp³-hybridized carbons (Fsp3) is 0.600. The molecule has 0 fully saturated rings. The molecule has 0 aliphatic rings. The van der Waals surface area contributed by atoms with Crippen LogP contribution >= 0.6 is 39.0 Å². The summed E-state index contributed by atoms with van der Waals surface area (Å²) < 4.78 is 1.15. The first kappa shape index (κ1) is 13.5. The van der Waals surface area contributed by atoms with Crippen LogP contribution < -0.4 is 11.3 Å². The molecule has 2 atom stereocenters. The van der Waals surface area contributed by atoms with E-state index in [1.54, 1.807) is 11.3 Å². The number of thioether (sulfide) groups is 1. The molecule has 0 saturated carbocycles. The summed E-state index contributed by atoms with van der Waals surface area (Å²) in [6, 6.07) is 2.32. The highest BCUT2D eigenvalue weighted by Crippen LogP contribution is 2.31. The van der Waals surface area contributed by atoms with E-state index < -0.39 is 0 Å². The minimum absolute atomic E-state index is 0.248. The van der Waals surface area contributed by atoms with E-state index in [1.807, 2.05) is 11.8 Å². The van der Waals surface area contributed by atoms with Gasteiger partial charge < -0.3 is 0 Å². The Hall–Kier alpha value is 0.450. The minimum atomic E-state index is 0.248. The van der Waals surface area contributed by atoms with Crippen molar-refractivity contribution in [3.05, 3.63) is 20.8 Å². The molecule has 2 nitrogen and oxygen atoms in total. The number of rotatable bonds is 6. The SMILES string of the molecule is CCC(C)SCC(NN)c1sccc1Br. The molecule has 0 amide bonds. The van der Waals surface area contributed by atoms with Gasteiger partial charge in [-0.3, -0.25) is 11.3 Å². The van der Waals surface area contributed by atoms with Crippen LogP contribution in [0.4, 0.5) is 0 Å². The minimum Gasteiger partial charge on any atom is -0.271 e. The van der Waals surface area contributed by atoms with Crippen LogP contribution in [0.15, 0.2) is 15.9 Å². The third-order valence-electron chi connectivity index (χ3n) is 2.28. The van der Waals surface area contributed by atoms with Gasteiger partial charge in [0.1, 0.15) is 0 Å². The summed E-state index contributed by atoms with van der Waals surface area (Å²) in [5.41, 5.74) is 2.88. The van der Waals surface area contributed by atoms with Crippen molar-refractivity contribution >= 4 is 39.0 Å². The Balaban J connectivity index is 2.53. The maximum absolute atomic E-state index is 5.58. The molecule has 0 bridgehead atoms. The van der Waals surface area contributed by atoms with E-state index in [0.29, 0.717) is 5.25 Å². The maximum atomic E-state index is 5.58. The Morgan fingerprint density at radius 1 is 1.67 bits per heavy atom. The monoisotopic (exact) mass is 308 g/mol. The number of hydrazine groups is 1. The molecule has 2 unspecified atom stereocenters. The summed E-state index contributed by atoms with van der Waals surface area (Å²) >= 11 is 7.24. The van der Waals surface area contributed by atoms with Gasteiger partial charge in [0.25, 0.3) is 0 Å². The summed E-state index contributed by atoms with van der Waals surface area (Å²) in [5, 5.41) is 2.78. The fourth-order valence-electron chi connectivity index (χ4n) is 1.13. The molecule has 0 aliphatic carbocycles. The molecular weight excluding hydrogens is 292 g/mol. The zero-order chi connectivity index (χ0) is 11.3. The molecule has 1 aromatic rings. The van der Waals surface area contributed by atoms with Gasteiger partial charge in [-0.2, -0.15) is 11.8 Å². The second kappa shape index (κ2) is 6.91. The van der Waals surface area contributed by atoms with Crippen molar-refractivity contribution < 1.29 is 0 Å². The van der Waals surface area contributed by atoms with Crippen molar-refractivity contribution in [3.8, 4) is 0 Å². The van der Waals surface area contributed by atoms with Gasteiger partial charge in [0.2, 0.25) is 0 Å². The van der Waals surface area contributed by atoms with Gasteiger partial charge in [0, 0.05) is 20.4 Å². The lowest BCUT2D eigenvalue weighted by atomic mass is 10.3.